The number of halogens is 2. The van der Waals surface area contributed by atoms with Gasteiger partial charge in [0.15, 0.2) is 0 Å². The number of rotatable bonds is 10. The van der Waals surface area contributed by atoms with Crippen molar-refractivity contribution < 1.29 is 9.47 Å². The average Bonchev–Trinajstić information content (AvgIpc) is 3.15. The lowest BCUT2D eigenvalue weighted by Crippen LogP contribution is -2.22. The Morgan fingerprint density at radius 1 is 0.893 bits per heavy atom. The number of hydrogen-bond acceptors (Lipinski definition) is 4. The second kappa shape index (κ2) is 12.4. The Morgan fingerprint density at radius 2 is 1.46 bits per heavy atom. The molecule has 0 N–H and O–H groups in total. The molecule has 0 saturated heterocycles. The molecule has 28 heavy (non-hydrogen) atoms. The number of nitrogens with zero attached hydrogens (tertiary/aromatic N) is 4. The molecule has 0 fully saturated rings. The van der Waals surface area contributed by atoms with Gasteiger partial charge in [0.05, 0.1) is 18.9 Å². The molecule has 0 spiro atoms. The monoisotopic (exact) mass is 552 g/mol. The van der Waals surface area contributed by atoms with Gasteiger partial charge in [0.25, 0.3) is 0 Å². The highest BCUT2D eigenvalue weighted by atomic mass is 79.9. The van der Waals surface area contributed by atoms with Crippen molar-refractivity contribution in [1.29, 1.82) is 0 Å². The van der Waals surface area contributed by atoms with Gasteiger partial charge in [-0.25, -0.2) is 9.97 Å². The van der Waals surface area contributed by atoms with Gasteiger partial charge in [-0.1, -0.05) is 39.3 Å². The minimum absolute atomic E-state index is 0.588. The van der Waals surface area contributed by atoms with Gasteiger partial charge in [-0.3, -0.25) is 0 Å². The van der Waals surface area contributed by atoms with Crippen molar-refractivity contribution in [2.75, 3.05) is 13.2 Å². The first-order valence-corrected chi connectivity index (χ1v) is 18.4. The molecule has 2 aromatic rings. The Labute approximate surface area is 188 Å². The van der Waals surface area contributed by atoms with E-state index in [1.54, 1.807) is 18.9 Å². The van der Waals surface area contributed by atoms with Gasteiger partial charge < -0.3 is 18.6 Å². The fourth-order valence-corrected chi connectivity index (χ4v) is 4.07. The lowest BCUT2D eigenvalue weighted by molar-refractivity contribution is 0.0857. The molecule has 160 valence electrons. The maximum absolute atomic E-state index is 5.56. The molecule has 2 aromatic heterocycles. The SMILES string of the molecule is C[Si](C)(C)CCOCn1cnc(Br)c1.C[Si](C)(C)CCOCn1cncc1Br. The van der Waals surface area contributed by atoms with E-state index >= 15 is 0 Å². The molecule has 0 bridgehead atoms. The molecule has 0 saturated carbocycles. The Kier molecular flexibility index (Phi) is 11.4. The van der Waals surface area contributed by atoms with Gasteiger partial charge in [-0.2, -0.15) is 0 Å². The van der Waals surface area contributed by atoms with Crippen LogP contribution in [0.1, 0.15) is 0 Å². The molecular formula is C18H34Br2N4O2Si2. The van der Waals surface area contributed by atoms with E-state index in [2.05, 4.69) is 81.1 Å². The summed E-state index contributed by atoms with van der Waals surface area (Å²) < 4.78 is 16.8. The van der Waals surface area contributed by atoms with E-state index in [-0.39, 0.29) is 0 Å². The Hall–Kier alpha value is -0.266. The molecule has 10 heteroatoms. The van der Waals surface area contributed by atoms with E-state index in [1.165, 1.54) is 12.1 Å². The maximum Gasteiger partial charge on any atom is 0.124 e. The van der Waals surface area contributed by atoms with Crippen LogP contribution in [-0.4, -0.2) is 48.5 Å². The van der Waals surface area contributed by atoms with Gasteiger partial charge in [0, 0.05) is 35.6 Å². The largest absolute Gasteiger partial charge is 0.361 e. The zero-order chi connectivity index (χ0) is 21.2. The van der Waals surface area contributed by atoms with Crippen molar-refractivity contribution in [3.8, 4) is 0 Å². The molecule has 0 unspecified atom stereocenters. The molecule has 2 rings (SSSR count). The van der Waals surface area contributed by atoms with Crippen LogP contribution in [0.15, 0.2) is 34.3 Å². The summed E-state index contributed by atoms with van der Waals surface area (Å²) in [7, 11) is -1.90. The summed E-state index contributed by atoms with van der Waals surface area (Å²) in [5.74, 6) is 0. The summed E-state index contributed by atoms with van der Waals surface area (Å²) in [6.07, 6.45) is 7.20. The van der Waals surface area contributed by atoms with Crippen molar-refractivity contribution >= 4 is 48.0 Å². The highest BCUT2D eigenvalue weighted by molar-refractivity contribution is 9.10. The standard InChI is InChI=1S/2C9H17BrN2OSi/c1-14(2,3)5-4-13-8-12-6-9(10)11-7-12;1-14(2,3)5-4-13-8-12-7-11-6-9(12)10/h2*6-7H,4-5,8H2,1-3H3. The molecule has 0 aliphatic rings. The second-order valence-corrected chi connectivity index (χ2v) is 22.0. The molecule has 0 aromatic carbocycles. The summed E-state index contributed by atoms with van der Waals surface area (Å²) in [4.78, 5) is 8.05. The minimum Gasteiger partial charge on any atom is -0.361 e. The third kappa shape index (κ3) is 13.0. The van der Waals surface area contributed by atoms with Gasteiger partial charge >= 0.3 is 0 Å². The third-order valence-electron chi connectivity index (χ3n) is 3.73. The number of imidazole rings is 2. The molecule has 0 aliphatic heterocycles. The van der Waals surface area contributed by atoms with Crippen LogP contribution in [0.4, 0.5) is 0 Å². The fraction of sp³-hybridized carbons (Fsp3) is 0.667. The summed E-state index contributed by atoms with van der Waals surface area (Å²) in [6.45, 7) is 17.0. The van der Waals surface area contributed by atoms with E-state index in [1.807, 2.05) is 15.3 Å². The quantitative estimate of drug-likeness (QED) is 0.271. The van der Waals surface area contributed by atoms with Crippen molar-refractivity contribution in [3.05, 3.63) is 34.3 Å². The van der Waals surface area contributed by atoms with E-state index < -0.39 is 16.1 Å². The fourth-order valence-electron chi connectivity index (χ4n) is 1.89. The summed E-state index contributed by atoms with van der Waals surface area (Å²) >= 11 is 6.68. The second-order valence-electron chi connectivity index (χ2n) is 9.09. The summed E-state index contributed by atoms with van der Waals surface area (Å²) in [6, 6.07) is 2.42. The van der Waals surface area contributed by atoms with Crippen LogP contribution in [-0.2, 0) is 22.9 Å². The summed E-state index contributed by atoms with van der Waals surface area (Å²) in [5, 5.41) is 0. The maximum atomic E-state index is 5.56. The van der Waals surface area contributed by atoms with Crippen molar-refractivity contribution in [1.82, 2.24) is 19.1 Å². The zero-order valence-corrected chi connectivity index (χ0v) is 23.1. The number of hydrogen-bond donors (Lipinski definition) is 0. The van der Waals surface area contributed by atoms with Crippen LogP contribution in [0, 0.1) is 0 Å². The normalized spacial score (nSPS) is 12.0. The first-order chi connectivity index (χ1) is 13.0. The van der Waals surface area contributed by atoms with Crippen LogP contribution in [0.2, 0.25) is 51.4 Å². The predicted octanol–water partition coefficient (Wildman–Crippen LogP) is 5.92. The lowest BCUT2D eigenvalue weighted by atomic mass is 10.8. The van der Waals surface area contributed by atoms with E-state index in [4.69, 9.17) is 9.47 Å². The van der Waals surface area contributed by atoms with Crippen molar-refractivity contribution in [2.24, 2.45) is 0 Å². The predicted molar refractivity (Wildman–Crippen MR) is 128 cm³/mol. The topological polar surface area (TPSA) is 54.1 Å². The Morgan fingerprint density at radius 3 is 1.89 bits per heavy atom. The smallest absolute Gasteiger partial charge is 0.124 e. The van der Waals surface area contributed by atoms with Crippen LogP contribution in [0.3, 0.4) is 0 Å². The van der Waals surface area contributed by atoms with Crippen molar-refractivity contribution in [3.63, 3.8) is 0 Å². The van der Waals surface area contributed by atoms with Crippen molar-refractivity contribution in [2.45, 2.75) is 64.8 Å². The zero-order valence-electron chi connectivity index (χ0n) is 17.9. The molecular weight excluding hydrogens is 520 g/mol. The van der Waals surface area contributed by atoms with Gasteiger partial charge in [0.1, 0.15) is 22.7 Å². The van der Waals surface area contributed by atoms with E-state index in [9.17, 15) is 0 Å². The number of ether oxygens (including phenoxy) is 2. The molecule has 0 atom stereocenters. The number of aromatic nitrogens is 4. The molecule has 0 radical (unpaired) electrons. The first kappa shape index (κ1) is 25.8. The van der Waals surface area contributed by atoms with E-state index in [0.717, 1.165) is 22.4 Å². The molecule has 2 heterocycles. The first-order valence-electron chi connectivity index (χ1n) is 9.45. The molecule has 6 nitrogen and oxygen atoms in total. The highest BCUT2D eigenvalue weighted by Crippen LogP contribution is 2.11. The molecule has 0 aliphatic carbocycles. The molecule has 0 amide bonds. The Balaban J connectivity index is 0.000000280. The third-order valence-corrected chi connectivity index (χ3v) is 8.20. The van der Waals surface area contributed by atoms with Crippen LogP contribution < -0.4 is 0 Å². The average molecular weight is 554 g/mol. The van der Waals surface area contributed by atoms with E-state index in [0.29, 0.717) is 13.5 Å². The highest BCUT2D eigenvalue weighted by Gasteiger charge is 2.12. The minimum atomic E-state index is -0.954. The van der Waals surface area contributed by atoms with Crippen LogP contribution in [0.25, 0.3) is 0 Å². The van der Waals surface area contributed by atoms with Gasteiger partial charge in [-0.15, -0.1) is 0 Å². The van der Waals surface area contributed by atoms with Gasteiger partial charge in [-0.05, 0) is 43.9 Å². The Bertz CT molecular complexity index is 682. The lowest BCUT2D eigenvalue weighted by Gasteiger charge is -2.15. The van der Waals surface area contributed by atoms with Crippen LogP contribution >= 0.6 is 31.9 Å². The summed E-state index contributed by atoms with van der Waals surface area (Å²) in [5.41, 5.74) is 0. The van der Waals surface area contributed by atoms with Gasteiger partial charge in [0.2, 0.25) is 0 Å². The van der Waals surface area contributed by atoms with Crippen LogP contribution in [0.5, 0.6) is 0 Å².